The first kappa shape index (κ1) is 19.9. The predicted octanol–water partition coefficient (Wildman–Crippen LogP) is 3.62. The van der Waals surface area contributed by atoms with Gasteiger partial charge in [0.05, 0.1) is 25.9 Å². The average molecular weight is 421 g/mol. The van der Waals surface area contributed by atoms with E-state index < -0.39 is 0 Å². The van der Waals surface area contributed by atoms with Crippen LogP contribution in [0.15, 0.2) is 54.7 Å². The second-order valence-corrected chi connectivity index (χ2v) is 8.06. The van der Waals surface area contributed by atoms with Crippen LogP contribution in [0.1, 0.15) is 18.0 Å². The SMILES string of the molecule is O=C(Nc1ccc2c(ccn2CCN2CCOCC2)c1)NC1CCOc2ccccc21. The molecule has 162 valence electrons. The Morgan fingerprint density at radius 3 is 2.81 bits per heavy atom. The van der Waals surface area contributed by atoms with Crippen molar-refractivity contribution in [2.75, 3.05) is 44.8 Å². The second-order valence-electron chi connectivity index (χ2n) is 8.06. The van der Waals surface area contributed by atoms with Crippen LogP contribution in [0.3, 0.4) is 0 Å². The number of anilines is 1. The molecule has 1 fully saturated rings. The zero-order valence-corrected chi connectivity index (χ0v) is 17.5. The molecule has 5 rings (SSSR count). The van der Waals surface area contributed by atoms with Crippen LogP contribution in [-0.4, -0.2) is 55.0 Å². The summed E-state index contributed by atoms with van der Waals surface area (Å²) in [5, 5.41) is 7.19. The molecule has 2 aromatic carbocycles. The third-order valence-corrected chi connectivity index (χ3v) is 6.05. The lowest BCUT2D eigenvalue weighted by molar-refractivity contribution is 0.0365. The topological polar surface area (TPSA) is 67.8 Å². The summed E-state index contributed by atoms with van der Waals surface area (Å²) in [6, 6.07) is 15.8. The number of hydrogen-bond donors (Lipinski definition) is 2. The van der Waals surface area contributed by atoms with E-state index in [1.807, 2.05) is 36.4 Å². The van der Waals surface area contributed by atoms with Crippen LogP contribution in [-0.2, 0) is 11.3 Å². The lowest BCUT2D eigenvalue weighted by Crippen LogP contribution is -2.38. The Labute approximate surface area is 181 Å². The van der Waals surface area contributed by atoms with Crippen molar-refractivity contribution >= 4 is 22.6 Å². The summed E-state index contributed by atoms with van der Waals surface area (Å²) in [5.74, 6) is 0.846. The normalized spacial score (nSPS) is 18.9. The molecule has 2 N–H and O–H groups in total. The van der Waals surface area contributed by atoms with E-state index in [1.54, 1.807) is 0 Å². The van der Waals surface area contributed by atoms with Gasteiger partial charge in [-0.2, -0.15) is 0 Å². The van der Waals surface area contributed by atoms with E-state index in [2.05, 4.69) is 38.4 Å². The van der Waals surface area contributed by atoms with Gasteiger partial charge in [-0.1, -0.05) is 18.2 Å². The molecule has 31 heavy (non-hydrogen) atoms. The molecule has 2 aliphatic heterocycles. The van der Waals surface area contributed by atoms with E-state index in [9.17, 15) is 4.79 Å². The van der Waals surface area contributed by atoms with Crippen LogP contribution in [0.4, 0.5) is 10.5 Å². The number of amides is 2. The van der Waals surface area contributed by atoms with Crippen LogP contribution in [0.2, 0.25) is 0 Å². The zero-order chi connectivity index (χ0) is 21.0. The molecule has 7 nitrogen and oxygen atoms in total. The molecule has 0 bridgehead atoms. The third kappa shape index (κ3) is 4.52. The Hall–Kier alpha value is -3.03. The number of para-hydroxylation sites is 1. The zero-order valence-electron chi connectivity index (χ0n) is 17.5. The molecule has 3 aromatic rings. The number of carbonyl (C=O) groups excluding carboxylic acids is 1. The van der Waals surface area contributed by atoms with Gasteiger partial charge in [-0.15, -0.1) is 0 Å². The maximum absolute atomic E-state index is 12.6. The van der Waals surface area contributed by atoms with Gasteiger partial charge < -0.3 is 24.7 Å². The van der Waals surface area contributed by atoms with E-state index in [1.165, 1.54) is 5.52 Å². The lowest BCUT2D eigenvalue weighted by atomic mass is 10.0. The van der Waals surface area contributed by atoms with Crippen molar-refractivity contribution in [1.82, 2.24) is 14.8 Å². The van der Waals surface area contributed by atoms with Crippen LogP contribution in [0.25, 0.3) is 10.9 Å². The number of aromatic nitrogens is 1. The third-order valence-electron chi connectivity index (χ3n) is 6.05. The fourth-order valence-electron chi connectivity index (χ4n) is 4.36. The Morgan fingerprint density at radius 2 is 1.90 bits per heavy atom. The first-order valence-corrected chi connectivity index (χ1v) is 10.9. The van der Waals surface area contributed by atoms with E-state index in [-0.39, 0.29) is 12.1 Å². The average Bonchev–Trinajstić information content (AvgIpc) is 3.21. The molecule has 1 aromatic heterocycles. The minimum atomic E-state index is -0.201. The maximum Gasteiger partial charge on any atom is 0.319 e. The quantitative estimate of drug-likeness (QED) is 0.662. The molecule has 1 saturated heterocycles. The van der Waals surface area contributed by atoms with Gasteiger partial charge in [0.25, 0.3) is 0 Å². The molecule has 7 heteroatoms. The Bertz CT molecular complexity index is 1060. The highest BCUT2D eigenvalue weighted by Crippen LogP contribution is 2.31. The molecule has 1 unspecified atom stereocenters. The van der Waals surface area contributed by atoms with E-state index >= 15 is 0 Å². The maximum atomic E-state index is 12.6. The monoisotopic (exact) mass is 420 g/mol. The van der Waals surface area contributed by atoms with E-state index in [0.29, 0.717) is 6.61 Å². The number of nitrogens with zero attached hydrogens (tertiary/aromatic N) is 2. The van der Waals surface area contributed by atoms with Gasteiger partial charge >= 0.3 is 6.03 Å². The van der Waals surface area contributed by atoms with Crippen molar-refractivity contribution in [2.45, 2.75) is 19.0 Å². The number of ether oxygens (including phenoxy) is 2. The number of rotatable bonds is 5. The number of benzene rings is 2. The summed E-state index contributed by atoms with van der Waals surface area (Å²) < 4.78 is 13.4. The fraction of sp³-hybridized carbons (Fsp3) is 0.375. The number of carbonyl (C=O) groups is 1. The van der Waals surface area contributed by atoms with Crippen molar-refractivity contribution in [3.8, 4) is 5.75 Å². The van der Waals surface area contributed by atoms with Gasteiger partial charge in [0.1, 0.15) is 5.75 Å². The van der Waals surface area contributed by atoms with E-state index in [0.717, 1.165) is 68.2 Å². The number of urea groups is 1. The number of nitrogens with one attached hydrogen (secondary N) is 2. The minimum absolute atomic E-state index is 0.0463. The summed E-state index contributed by atoms with van der Waals surface area (Å²) in [6.45, 7) is 6.21. The summed E-state index contributed by atoms with van der Waals surface area (Å²) >= 11 is 0. The van der Waals surface area contributed by atoms with Crippen molar-refractivity contribution in [2.24, 2.45) is 0 Å². The van der Waals surface area contributed by atoms with Gasteiger partial charge in [-0.25, -0.2) is 4.79 Å². The molecule has 3 heterocycles. The summed E-state index contributed by atoms with van der Waals surface area (Å²) in [5.41, 5.74) is 2.99. The first-order valence-electron chi connectivity index (χ1n) is 10.9. The van der Waals surface area contributed by atoms with Crippen molar-refractivity contribution in [3.05, 3.63) is 60.3 Å². The molecule has 0 aliphatic carbocycles. The van der Waals surface area contributed by atoms with E-state index in [4.69, 9.17) is 9.47 Å². The Balaban J connectivity index is 1.21. The van der Waals surface area contributed by atoms with Crippen LogP contribution in [0.5, 0.6) is 5.75 Å². The van der Waals surface area contributed by atoms with Crippen molar-refractivity contribution in [3.63, 3.8) is 0 Å². The highest BCUT2D eigenvalue weighted by atomic mass is 16.5. The molecule has 0 saturated carbocycles. The molecule has 0 radical (unpaired) electrons. The predicted molar refractivity (Wildman–Crippen MR) is 121 cm³/mol. The minimum Gasteiger partial charge on any atom is -0.493 e. The molecule has 2 aliphatic rings. The molecular weight excluding hydrogens is 392 g/mol. The van der Waals surface area contributed by atoms with Gasteiger partial charge in [0.2, 0.25) is 0 Å². The van der Waals surface area contributed by atoms with Crippen LogP contribution < -0.4 is 15.4 Å². The smallest absolute Gasteiger partial charge is 0.319 e. The van der Waals surface area contributed by atoms with Crippen molar-refractivity contribution < 1.29 is 14.3 Å². The van der Waals surface area contributed by atoms with Crippen LogP contribution >= 0.6 is 0 Å². The molecule has 0 spiro atoms. The lowest BCUT2D eigenvalue weighted by Gasteiger charge is -2.26. The van der Waals surface area contributed by atoms with Gasteiger partial charge in [0, 0.05) is 61.0 Å². The molecule has 2 amide bonds. The summed E-state index contributed by atoms with van der Waals surface area (Å²) in [6.07, 6.45) is 2.88. The highest BCUT2D eigenvalue weighted by molar-refractivity contribution is 5.93. The van der Waals surface area contributed by atoms with Gasteiger partial charge in [0.15, 0.2) is 0 Å². The Kier molecular flexibility index (Phi) is 5.78. The highest BCUT2D eigenvalue weighted by Gasteiger charge is 2.22. The van der Waals surface area contributed by atoms with Gasteiger partial charge in [-0.3, -0.25) is 4.90 Å². The number of fused-ring (bicyclic) bond motifs is 2. The fourth-order valence-corrected chi connectivity index (χ4v) is 4.36. The standard InChI is InChI=1S/C24H28N4O3/c29-24(26-21-8-14-31-23-4-2-1-3-20(21)23)25-19-5-6-22-18(17-19)7-9-28(22)11-10-27-12-15-30-16-13-27/h1-7,9,17,21H,8,10-16H2,(H2,25,26,29). The van der Waals surface area contributed by atoms with Gasteiger partial charge in [-0.05, 0) is 30.3 Å². The van der Waals surface area contributed by atoms with Crippen molar-refractivity contribution in [1.29, 1.82) is 0 Å². The van der Waals surface area contributed by atoms with Crippen LogP contribution in [0, 0.1) is 0 Å². The molecule has 1 atom stereocenters. The largest absolute Gasteiger partial charge is 0.493 e. The number of morpholine rings is 1. The number of hydrogen-bond acceptors (Lipinski definition) is 4. The second kappa shape index (κ2) is 8.99. The summed E-state index contributed by atoms with van der Waals surface area (Å²) in [4.78, 5) is 15.1. The first-order chi connectivity index (χ1) is 15.3. The Morgan fingerprint density at radius 1 is 1.03 bits per heavy atom. The summed E-state index contributed by atoms with van der Waals surface area (Å²) in [7, 11) is 0. The molecular formula is C24H28N4O3.